The summed E-state index contributed by atoms with van der Waals surface area (Å²) >= 11 is 0. The summed E-state index contributed by atoms with van der Waals surface area (Å²) in [5, 5.41) is 0. The second-order valence-corrected chi connectivity index (χ2v) is 4.60. The summed E-state index contributed by atoms with van der Waals surface area (Å²) in [5.74, 6) is -0.268. The van der Waals surface area contributed by atoms with E-state index in [9.17, 15) is 17.4 Å². The summed E-state index contributed by atoms with van der Waals surface area (Å²) in [7, 11) is -4.03. The minimum atomic E-state index is -4.03. The Kier molecular flexibility index (Phi) is 12.0. The summed E-state index contributed by atoms with van der Waals surface area (Å²) in [6, 6.07) is 0. The van der Waals surface area contributed by atoms with Crippen molar-refractivity contribution < 1.29 is 36.2 Å². The van der Waals surface area contributed by atoms with Crippen molar-refractivity contribution in [1.29, 1.82) is 0 Å². The van der Waals surface area contributed by atoms with Gasteiger partial charge in [0.15, 0.2) is 0 Å². The van der Waals surface area contributed by atoms with Crippen LogP contribution in [-0.2, 0) is 10.1 Å². The van der Waals surface area contributed by atoms with Crippen LogP contribution in [0, 0.1) is 0 Å². The molecule has 0 amide bonds. The number of hydrogen-bond acceptors (Lipinski definition) is 3. The quantitative estimate of drug-likeness (QED) is 0.293. The molecule has 14 heavy (non-hydrogen) atoms. The number of hydrogen-bond donors (Lipinski definition) is 0. The van der Waals surface area contributed by atoms with E-state index in [1.54, 1.807) is 0 Å². The van der Waals surface area contributed by atoms with E-state index in [1.165, 1.54) is 0 Å². The molecule has 0 aromatic heterocycles. The van der Waals surface area contributed by atoms with E-state index >= 15 is 0 Å². The standard InChI is InChI=1S/C8H17FO3S.Li/c9-7-5-3-1-2-4-6-8-13(10,11)12;/h1-8H2,(H,10,11,12);/q;+1/p-1. The third kappa shape index (κ3) is 14.9. The molecule has 0 saturated heterocycles. The molecule has 0 rings (SSSR count). The fourth-order valence-electron chi connectivity index (χ4n) is 1.08. The van der Waals surface area contributed by atoms with Gasteiger partial charge in [-0.25, -0.2) is 8.42 Å². The molecule has 0 saturated carbocycles. The van der Waals surface area contributed by atoms with Gasteiger partial charge in [-0.2, -0.15) is 0 Å². The van der Waals surface area contributed by atoms with Gasteiger partial charge in [-0.3, -0.25) is 4.39 Å². The second kappa shape index (κ2) is 9.97. The van der Waals surface area contributed by atoms with Crippen molar-refractivity contribution in [1.82, 2.24) is 0 Å². The van der Waals surface area contributed by atoms with Crippen LogP contribution in [0.3, 0.4) is 0 Å². The zero-order valence-corrected chi connectivity index (χ0v) is 9.48. The van der Waals surface area contributed by atoms with Crippen LogP contribution in [0.4, 0.5) is 4.39 Å². The maximum Gasteiger partial charge on any atom is 1.00 e. The molecule has 0 aromatic carbocycles. The maximum absolute atomic E-state index is 11.6. The Morgan fingerprint density at radius 3 is 1.79 bits per heavy atom. The Balaban J connectivity index is 0. The van der Waals surface area contributed by atoms with Gasteiger partial charge in [0, 0.05) is 5.75 Å². The summed E-state index contributed by atoms with van der Waals surface area (Å²) in [5.41, 5.74) is 0. The van der Waals surface area contributed by atoms with Gasteiger partial charge in [0.2, 0.25) is 0 Å². The van der Waals surface area contributed by atoms with Gasteiger partial charge in [0.1, 0.15) is 0 Å². The molecule has 80 valence electrons. The van der Waals surface area contributed by atoms with E-state index in [-0.39, 0.29) is 31.3 Å². The topological polar surface area (TPSA) is 57.2 Å². The number of alkyl halides is 1. The molecule has 0 aromatic rings. The van der Waals surface area contributed by atoms with Crippen LogP contribution in [0.1, 0.15) is 38.5 Å². The Morgan fingerprint density at radius 1 is 0.929 bits per heavy atom. The zero-order chi connectivity index (χ0) is 10.2. The number of unbranched alkanes of at least 4 members (excludes halogenated alkanes) is 5. The SMILES string of the molecule is O=S(=O)([O-])CCCCCCCCF.[Li+]. The van der Waals surface area contributed by atoms with E-state index in [4.69, 9.17) is 0 Å². The molecule has 0 bridgehead atoms. The van der Waals surface area contributed by atoms with Crippen LogP contribution in [0.15, 0.2) is 0 Å². The third-order valence-corrected chi connectivity index (χ3v) is 2.57. The first-order chi connectivity index (χ1) is 6.06. The Morgan fingerprint density at radius 2 is 1.36 bits per heavy atom. The molecule has 0 N–H and O–H groups in total. The van der Waals surface area contributed by atoms with Crippen molar-refractivity contribution in [3.05, 3.63) is 0 Å². The fourth-order valence-corrected chi connectivity index (χ4v) is 1.64. The normalized spacial score (nSPS) is 11.0. The molecule has 0 aliphatic rings. The minimum Gasteiger partial charge on any atom is -0.748 e. The summed E-state index contributed by atoms with van der Waals surface area (Å²) in [6.07, 6.45) is 4.41. The van der Waals surface area contributed by atoms with E-state index in [1.807, 2.05) is 0 Å². The second-order valence-electron chi connectivity index (χ2n) is 3.07. The van der Waals surface area contributed by atoms with E-state index in [0.29, 0.717) is 12.8 Å². The van der Waals surface area contributed by atoms with Gasteiger partial charge in [-0.1, -0.05) is 25.7 Å². The Bertz CT molecular complexity index is 207. The van der Waals surface area contributed by atoms with Crippen molar-refractivity contribution in [2.75, 3.05) is 12.4 Å². The van der Waals surface area contributed by atoms with Crippen LogP contribution in [0.2, 0.25) is 0 Å². The first-order valence-electron chi connectivity index (χ1n) is 4.56. The molecule has 3 nitrogen and oxygen atoms in total. The van der Waals surface area contributed by atoms with E-state index < -0.39 is 10.1 Å². The summed E-state index contributed by atoms with van der Waals surface area (Å²) in [6.45, 7) is -0.283. The molecule has 0 atom stereocenters. The van der Waals surface area contributed by atoms with Crippen LogP contribution >= 0.6 is 0 Å². The van der Waals surface area contributed by atoms with Crippen molar-refractivity contribution in [2.24, 2.45) is 0 Å². The van der Waals surface area contributed by atoms with E-state index in [0.717, 1.165) is 25.7 Å². The molecule has 0 unspecified atom stereocenters. The molecule has 0 fully saturated rings. The van der Waals surface area contributed by atoms with Gasteiger partial charge in [0.25, 0.3) is 0 Å². The number of halogens is 1. The Hall–Kier alpha value is 0.437. The molecular weight excluding hydrogens is 202 g/mol. The zero-order valence-electron chi connectivity index (χ0n) is 8.67. The molecule has 0 aliphatic carbocycles. The van der Waals surface area contributed by atoms with E-state index in [2.05, 4.69) is 0 Å². The molecule has 0 spiro atoms. The minimum absolute atomic E-state index is 0. The average molecular weight is 218 g/mol. The number of rotatable bonds is 8. The van der Waals surface area contributed by atoms with Gasteiger partial charge >= 0.3 is 18.9 Å². The first-order valence-corrected chi connectivity index (χ1v) is 6.13. The van der Waals surface area contributed by atoms with Crippen molar-refractivity contribution in [3.8, 4) is 0 Å². The molecule has 0 radical (unpaired) electrons. The van der Waals surface area contributed by atoms with Gasteiger partial charge in [0.05, 0.1) is 16.8 Å². The molecule has 0 aliphatic heterocycles. The van der Waals surface area contributed by atoms with Gasteiger partial charge < -0.3 is 4.55 Å². The summed E-state index contributed by atoms with van der Waals surface area (Å²) < 4.78 is 42.1. The van der Waals surface area contributed by atoms with Crippen LogP contribution in [0.25, 0.3) is 0 Å². The Labute approximate surface area is 97.4 Å². The first kappa shape index (κ1) is 16.9. The predicted molar refractivity (Wildman–Crippen MR) is 48.2 cm³/mol. The smallest absolute Gasteiger partial charge is 0.748 e. The van der Waals surface area contributed by atoms with Gasteiger partial charge in [-0.05, 0) is 12.8 Å². The van der Waals surface area contributed by atoms with Crippen LogP contribution < -0.4 is 18.9 Å². The fraction of sp³-hybridized carbons (Fsp3) is 1.00. The van der Waals surface area contributed by atoms with Crippen LogP contribution in [0.5, 0.6) is 0 Å². The summed E-state index contributed by atoms with van der Waals surface area (Å²) in [4.78, 5) is 0. The molecule has 0 heterocycles. The third-order valence-electron chi connectivity index (χ3n) is 1.78. The molecular formula is C8H16FLiO3S. The van der Waals surface area contributed by atoms with Crippen molar-refractivity contribution in [2.45, 2.75) is 38.5 Å². The van der Waals surface area contributed by atoms with Crippen molar-refractivity contribution >= 4 is 10.1 Å². The maximum atomic E-state index is 11.6. The molecule has 6 heteroatoms. The predicted octanol–water partition coefficient (Wildman–Crippen LogP) is -1.15. The largest absolute Gasteiger partial charge is 1.00 e. The van der Waals surface area contributed by atoms with Gasteiger partial charge in [-0.15, -0.1) is 0 Å². The monoisotopic (exact) mass is 218 g/mol. The average Bonchev–Trinajstić information content (AvgIpc) is 2.01. The van der Waals surface area contributed by atoms with Crippen molar-refractivity contribution in [3.63, 3.8) is 0 Å². The van der Waals surface area contributed by atoms with Crippen LogP contribution in [-0.4, -0.2) is 25.4 Å².